The van der Waals surface area contributed by atoms with Crippen LogP contribution in [0.15, 0.2) is 24.3 Å². The number of likely N-dealkylation sites (tertiary alicyclic amines) is 1. The zero-order valence-electron chi connectivity index (χ0n) is 15.8. The monoisotopic (exact) mass is 362 g/mol. The molecule has 2 aliphatic heterocycles. The summed E-state index contributed by atoms with van der Waals surface area (Å²) >= 11 is 0. The normalized spacial score (nSPS) is 20.0. The van der Waals surface area contributed by atoms with Crippen molar-refractivity contribution in [3.05, 3.63) is 46.8 Å². The van der Waals surface area contributed by atoms with Gasteiger partial charge in [0.25, 0.3) is 0 Å². The van der Waals surface area contributed by atoms with Gasteiger partial charge in [-0.1, -0.05) is 18.6 Å². The molecule has 1 fully saturated rings. The standard InChI is InChI=1S/C21H26N6/c1-13-23-20-16(11-19(22)26-21(20)24-13)18-10-15-14(6-5-7-17(15)25-18)12-27-8-3-2-4-9-27/h5-7,11,18,25H,2-4,8-10,12H2,1H3,(H3,22,23,24,26). The van der Waals surface area contributed by atoms with Crippen molar-refractivity contribution in [1.82, 2.24) is 19.9 Å². The van der Waals surface area contributed by atoms with Gasteiger partial charge in [-0.15, -0.1) is 0 Å². The summed E-state index contributed by atoms with van der Waals surface area (Å²) in [6.07, 6.45) is 4.98. The molecule has 0 bridgehead atoms. The van der Waals surface area contributed by atoms with Crippen molar-refractivity contribution in [3.63, 3.8) is 0 Å². The lowest BCUT2D eigenvalue weighted by atomic mass is 9.98. The number of imidazole rings is 1. The van der Waals surface area contributed by atoms with Gasteiger partial charge in [-0.05, 0) is 62.5 Å². The molecule has 1 atom stereocenters. The molecule has 4 heterocycles. The van der Waals surface area contributed by atoms with E-state index < -0.39 is 0 Å². The minimum atomic E-state index is 0.190. The molecule has 1 aromatic carbocycles. The second-order valence-corrected chi connectivity index (χ2v) is 7.84. The third-order valence-corrected chi connectivity index (χ3v) is 5.86. The Kier molecular flexibility index (Phi) is 4.01. The Balaban J connectivity index is 1.46. The molecular weight excluding hydrogens is 336 g/mol. The van der Waals surface area contributed by atoms with Crippen LogP contribution in [-0.2, 0) is 13.0 Å². The van der Waals surface area contributed by atoms with Gasteiger partial charge in [0.05, 0.1) is 11.6 Å². The van der Waals surface area contributed by atoms with E-state index in [2.05, 4.69) is 43.4 Å². The van der Waals surface area contributed by atoms with Crippen molar-refractivity contribution in [2.24, 2.45) is 0 Å². The maximum Gasteiger partial charge on any atom is 0.180 e. The smallest absolute Gasteiger partial charge is 0.180 e. The Hall–Kier alpha value is -2.60. The van der Waals surface area contributed by atoms with Crippen molar-refractivity contribution in [2.75, 3.05) is 24.1 Å². The number of nitrogens with one attached hydrogen (secondary N) is 2. The highest BCUT2D eigenvalue weighted by atomic mass is 15.1. The highest BCUT2D eigenvalue weighted by molar-refractivity contribution is 5.79. The first-order chi connectivity index (χ1) is 13.2. The number of piperidine rings is 1. The largest absolute Gasteiger partial charge is 0.384 e. The van der Waals surface area contributed by atoms with Gasteiger partial charge >= 0.3 is 0 Å². The van der Waals surface area contributed by atoms with Crippen LogP contribution in [0.1, 0.15) is 47.8 Å². The second kappa shape index (κ2) is 6.53. The first-order valence-electron chi connectivity index (χ1n) is 9.90. The SMILES string of the molecule is Cc1nc2nc(N)cc(C3Cc4c(CN5CCCCC5)cccc4N3)c2[nH]1. The van der Waals surface area contributed by atoms with Crippen molar-refractivity contribution in [1.29, 1.82) is 0 Å². The number of aromatic nitrogens is 3. The molecule has 140 valence electrons. The lowest BCUT2D eigenvalue weighted by Crippen LogP contribution is -2.29. The first-order valence-corrected chi connectivity index (χ1v) is 9.90. The summed E-state index contributed by atoms with van der Waals surface area (Å²) in [5, 5.41) is 3.71. The van der Waals surface area contributed by atoms with Crippen LogP contribution < -0.4 is 11.1 Å². The molecule has 6 heteroatoms. The zero-order valence-corrected chi connectivity index (χ0v) is 15.8. The predicted molar refractivity (Wildman–Crippen MR) is 109 cm³/mol. The number of aromatic amines is 1. The molecular formula is C21H26N6. The number of rotatable bonds is 3. The summed E-state index contributed by atoms with van der Waals surface area (Å²) in [6, 6.07) is 8.82. The molecule has 2 aliphatic rings. The Morgan fingerprint density at radius 1 is 1.19 bits per heavy atom. The van der Waals surface area contributed by atoms with Gasteiger partial charge in [0.1, 0.15) is 11.6 Å². The van der Waals surface area contributed by atoms with Crippen molar-refractivity contribution in [3.8, 4) is 0 Å². The van der Waals surface area contributed by atoms with E-state index in [1.165, 1.54) is 49.2 Å². The lowest BCUT2D eigenvalue weighted by Gasteiger charge is -2.27. The van der Waals surface area contributed by atoms with E-state index in [4.69, 9.17) is 5.73 Å². The van der Waals surface area contributed by atoms with Gasteiger partial charge in [-0.2, -0.15) is 0 Å². The second-order valence-electron chi connectivity index (χ2n) is 7.84. The van der Waals surface area contributed by atoms with Crippen LogP contribution >= 0.6 is 0 Å². The number of aryl methyl sites for hydroxylation is 1. The maximum atomic E-state index is 6.06. The van der Waals surface area contributed by atoms with Crippen LogP contribution in [0.3, 0.4) is 0 Å². The quantitative estimate of drug-likeness (QED) is 0.664. The number of H-pyrrole nitrogens is 1. The van der Waals surface area contributed by atoms with Gasteiger partial charge < -0.3 is 16.0 Å². The number of benzene rings is 1. The average Bonchev–Trinajstić information content (AvgIpc) is 3.25. The topological polar surface area (TPSA) is 82.9 Å². The van der Waals surface area contributed by atoms with Crippen LogP contribution in [-0.4, -0.2) is 32.9 Å². The molecule has 27 heavy (non-hydrogen) atoms. The Labute approximate surface area is 159 Å². The van der Waals surface area contributed by atoms with Crippen LogP contribution in [0.2, 0.25) is 0 Å². The Bertz CT molecular complexity index is 986. The fraction of sp³-hybridized carbons (Fsp3) is 0.429. The number of hydrogen-bond acceptors (Lipinski definition) is 5. The molecule has 4 N–H and O–H groups in total. The Morgan fingerprint density at radius 3 is 2.89 bits per heavy atom. The molecule has 0 saturated carbocycles. The molecule has 1 unspecified atom stereocenters. The summed E-state index contributed by atoms with van der Waals surface area (Å²) in [5.41, 5.74) is 13.0. The van der Waals surface area contributed by atoms with E-state index in [-0.39, 0.29) is 6.04 Å². The van der Waals surface area contributed by atoms with Crippen molar-refractivity contribution < 1.29 is 0 Å². The van der Waals surface area contributed by atoms with E-state index in [1.54, 1.807) is 0 Å². The molecule has 0 spiro atoms. The van der Waals surface area contributed by atoms with Gasteiger partial charge in [0.2, 0.25) is 0 Å². The molecule has 0 radical (unpaired) electrons. The van der Waals surface area contributed by atoms with Gasteiger partial charge in [-0.25, -0.2) is 9.97 Å². The third kappa shape index (κ3) is 3.04. The zero-order chi connectivity index (χ0) is 18.4. The van der Waals surface area contributed by atoms with Crippen LogP contribution in [0.4, 0.5) is 11.5 Å². The summed E-state index contributed by atoms with van der Waals surface area (Å²) < 4.78 is 0. The summed E-state index contributed by atoms with van der Waals surface area (Å²) in [7, 11) is 0. The molecule has 0 aliphatic carbocycles. The molecule has 2 aromatic heterocycles. The molecule has 0 amide bonds. The van der Waals surface area contributed by atoms with Gasteiger partial charge in [0.15, 0.2) is 5.65 Å². The fourth-order valence-electron chi connectivity index (χ4n) is 4.57. The highest BCUT2D eigenvalue weighted by Gasteiger charge is 2.27. The number of nitrogens with two attached hydrogens (primary N) is 1. The number of anilines is 2. The van der Waals surface area contributed by atoms with Crippen molar-refractivity contribution >= 4 is 22.7 Å². The van der Waals surface area contributed by atoms with E-state index >= 15 is 0 Å². The molecule has 6 nitrogen and oxygen atoms in total. The van der Waals surface area contributed by atoms with Gasteiger partial charge in [-0.3, -0.25) is 4.90 Å². The minimum absolute atomic E-state index is 0.190. The summed E-state index contributed by atoms with van der Waals surface area (Å²) in [6.45, 7) is 5.44. The number of nitrogen functional groups attached to an aromatic ring is 1. The van der Waals surface area contributed by atoms with Crippen LogP contribution in [0, 0.1) is 6.92 Å². The minimum Gasteiger partial charge on any atom is -0.384 e. The number of fused-ring (bicyclic) bond motifs is 2. The predicted octanol–water partition coefficient (Wildman–Crippen LogP) is 3.54. The van der Waals surface area contributed by atoms with E-state index in [1.807, 2.05) is 13.0 Å². The molecule has 3 aromatic rings. The van der Waals surface area contributed by atoms with Gasteiger partial charge in [0, 0.05) is 17.8 Å². The van der Waals surface area contributed by atoms with Crippen molar-refractivity contribution in [2.45, 2.75) is 45.2 Å². The lowest BCUT2D eigenvalue weighted by molar-refractivity contribution is 0.220. The average molecular weight is 362 g/mol. The van der Waals surface area contributed by atoms with E-state index in [9.17, 15) is 0 Å². The summed E-state index contributed by atoms with van der Waals surface area (Å²) in [4.78, 5) is 14.8. The maximum absolute atomic E-state index is 6.06. The first kappa shape index (κ1) is 16.6. The van der Waals surface area contributed by atoms with Crippen LogP contribution in [0.5, 0.6) is 0 Å². The summed E-state index contributed by atoms with van der Waals surface area (Å²) in [5.74, 6) is 1.39. The highest BCUT2D eigenvalue weighted by Crippen LogP contribution is 2.38. The van der Waals surface area contributed by atoms with E-state index in [0.29, 0.717) is 11.5 Å². The van der Waals surface area contributed by atoms with E-state index in [0.717, 1.165) is 29.9 Å². The molecule has 5 rings (SSSR count). The van der Waals surface area contributed by atoms with Crippen LogP contribution in [0.25, 0.3) is 11.2 Å². The number of nitrogens with zero attached hydrogens (tertiary/aromatic N) is 3. The number of pyridine rings is 1. The Morgan fingerprint density at radius 2 is 2.04 bits per heavy atom. The molecule has 1 saturated heterocycles. The third-order valence-electron chi connectivity index (χ3n) is 5.86. The fourth-order valence-corrected chi connectivity index (χ4v) is 4.57. The number of hydrogen-bond donors (Lipinski definition) is 3.